The Morgan fingerprint density at radius 2 is 1.77 bits per heavy atom. The van der Waals surface area contributed by atoms with Gasteiger partial charge in [-0.25, -0.2) is 0 Å². The second-order valence-corrected chi connectivity index (χ2v) is 9.10. The van der Waals surface area contributed by atoms with Crippen LogP contribution in [-0.4, -0.2) is 4.33 Å². The number of alkyl halides is 2. The second kappa shape index (κ2) is 7.13. The van der Waals surface area contributed by atoms with Crippen molar-refractivity contribution in [1.82, 2.24) is 0 Å². The minimum atomic E-state index is -0.912. The Labute approximate surface area is 174 Å². The summed E-state index contributed by atoms with van der Waals surface area (Å²) in [7, 11) is 0. The molecule has 1 saturated carbocycles. The summed E-state index contributed by atoms with van der Waals surface area (Å²) in [5.41, 5.74) is 5.51. The molecule has 1 aliphatic carbocycles. The first kappa shape index (κ1) is 19.6. The minimum absolute atomic E-state index is 0.0591. The van der Waals surface area contributed by atoms with Gasteiger partial charge in [-0.2, -0.15) is 0 Å². The van der Waals surface area contributed by atoms with Crippen LogP contribution >= 0.6 is 46.4 Å². The number of benzene rings is 2. The lowest BCUT2D eigenvalue weighted by molar-refractivity contribution is 0.946. The predicted octanol–water partition coefficient (Wildman–Crippen LogP) is 7.85. The standard InChI is InChI=1S/C21H19Cl4N/c1-11(2)17-10-16(5-6-18(17)23)26-13(4)19-20(21(19,24)25)14-7-12(3)8-15(22)9-14/h5-10,19-20,26H,1,4H2,2-3H3. The van der Waals surface area contributed by atoms with Crippen LogP contribution in [-0.2, 0) is 0 Å². The van der Waals surface area contributed by atoms with Crippen molar-refractivity contribution in [2.24, 2.45) is 5.92 Å². The molecule has 1 fully saturated rings. The smallest absolute Gasteiger partial charge is 0.134 e. The lowest BCUT2D eigenvalue weighted by Crippen LogP contribution is -2.04. The van der Waals surface area contributed by atoms with Crippen LogP contribution in [0.4, 0.5) is 5.69 Å². The fraction of sp³-hybridized carbons (Fsp3) is 0.238. The average molecular weight is 427 g/mol. The number of hydrogen-bond acceptors (Lipinski definition) is 1. The van der Waals surface area contributed by atoms with Crippen molar-refractivity contribution in [2.45, 2.75) is 24.1 Å². The third-order valence-corrected chi connectivity index (χ3v) is 6.07. The molecular formula is C21H19Cl4N. The highest BCUT2D eigenvalue weighted by molar-refractivity contribution is 6.52. The quantitative estimate of drug-likeness (QED) is 0.479. The topological polar surface area (TPSA) is 12.0 Å². The summed E-state index contributed by atoms with van der Waals surface area (Å²) >= 11 is 25.5. The van der Waals surface area contributed by atoms with E-state index in [1.54, 1.807) is 0 Å². The zero-order valence-corrected chi connectivity index (χ0v) is 17.6. The molecule has 0 bridgehead atoms. The van der Waals surface area contributed by atoms with Crippen molar-refractivity contribution < 1.29 is 0 Å². The molecule has 136 valence electrons. The van der Waals surface area contributed by atoms with E-state index < -0.39 is 4.33 Å². The molecule has 0 radical (unpaired) electrons. The molecule has 2 atom stereocenters. The van der Waals surface area contributed by atoms with Crippen LogP contribution < -0.4 is 5.32 Å². The highest BCUT2D eigenvalue weighted by Gasteiger charge is 2.65. The summed E-state index contributed by atoms with van der Waals surface area (Å²) in [5.74, 6) is -0.177. The van der Waals surface area contributed by atoms with Crippen LogP contribution in [0.5, 0.6) is 0 Å². The monoisotopic (exact) mass is 425 g/mol. The molecule has 0 saturated heterocycles. The Morgan fingerprint density at radius 3 is 2.38 bits per heavy atom. The molecule has 2 aromatic carbocycles. The molecule has 5 heteroatoms. The lowest BCUT2D eigenvalue weighted by Gasteiger charge is -2.12. The van der Waals surface area contributed by atoms with Crippen molar-refractivity contribution in [3.05, 3.63) is 82.0 Å². The normalized spacial score (nSPS) is 20.5. The Hall–Kier alpha value is -1.12. The third-order valence-electron chi connectivity index (χ3n) is 4.58. The Balaban J connectivity index is 1.82. The van der Waals surface area contributed by atoms with E-state index in [1.807, 2.05) is 44.2 Å². The number of halogens is 4. The van der Waals surface area contributed by atoms with E-state index in [1.165, 1.54) is 0 Å². The van der Waals surface area contributed by atoms with Crippen LogP contribution in [0.3, 0.4) is 0 Å². The van der Waals surface area contributed by atoms with Gasteiger partial charge in [0.1, 0.15) is 4.33 Å². The van der Waals surface area contributed by atoms with Crippen molar-refractivity contribution in [1.29, 1.82) is 0 Å². The molecule has 3 rings (SSSR count). The largest absolute Gasteiger partial charge is 0.359 e. The Morgan fingerprint density at radius 1 is 1.08 bits per heavy atom. The number of aryl methyl sites for hydroxylation is 1. The summed E-state index contributed by atoms with van der Waals surface area (Å²) in [5, 5.41) is 4.66. The average Bonchev–Trinajstić information content (AvgIpc) is 3.10. The molecule has 1 aliphatic rings. The molecular weight excluding hydrogens is 408 g/mol. The molecule has 26 heavy (non-hydrogen) atoms. The summed E-state index contributed by atoms with van der Waals surface area (Å²) in [6.45, 7) is 12.0. The first-order valence-corrected chi connectivity index (χ1v) is 9.68. The lowest BCUT2D eigenvalue weighted by atomic mass is 10.1. The number of allylic oxidation sites excluding steroid dienone is 2. The number of anilines is 1. The van der Waals surface area contributed by atoms with Gasteiger partial charge in [-0.1, -0.05) is 42.4 Å². The van der Waals surface area contributed by atoms with Gasteiger partial charge in [0.2, 0.25) is 0 Å². The number of nitrogens with one attached hydrogen (secondary N) is 1. The van der Waals surface area contributed by atoms with E-state index in [2.05, 4.69) is 24.5 Å². The fourth-order valence-electron chi connectivity index (χ4n) is 3.31. The minimum Gasteiger partial charge on any atom is -0.359 e. The van der Waals surface area contributed by atoms with Gasteiger partial charge in [0, 0.05) is 33.3 Å². The van der Waals surface area contributed by atoms with E-state index in [0.717, 1.165) is 33.6 Å². The third kappa shape index (κ3) is 3.77. The number of hydrogen-bond donors (Lipinski definition) is 1. The van der Waals surface area contributed by atoms with Crippen molar-refractivity contribution >= 4 is 57.7 Å². The van der Waals surface area contributed by atoms with Gasteiger partial charge in [-0.3, -0.25) is 0 Å². The molecule has 1 nitrogen and oxygen atoms in total. The van der Waals surface area contributed by atoms with Gasteiger partial charge in [0.05, 0.1) is 0 Å². The van der Waals surface area contributed by atoms with E-state index in [0.29, 0.717) is 10.0 Å². The highest BCUT2D eigenvalue weighted by atomic mass is 35.5. The zero-order chi connectivity index (χ0) is 19.2. The van der Waals surface area contributed by atoms with Crippen LogP contribution in [0.1, 0.15) is 29.5 Å². The zero-order valence-electron chi connectivity index (χ0n) is 14.5. The summed E-state index contributed by atoms with van der Waals surface area (Å²) < 4.78 is -0.912. The molecule has 0 aromatic heterocycles. The molecule has 2 aromatic rings. The predicted molar refractivity (Wildman–Crippen MR) is 116 cm³/mol. The molecule has 2 unspecified atom stereocenters. The first-order valence-electron chi connectivity index (χ1n) is 8.17. The maximum atomic E-state index is 6.57. The maximum Gasteiger partial charge on any atom is 0.134 e. The molecule has 0 aliphatic heterocycles. The number of rotatable bonds is 5. The van der Waals surface area contributed by atoms with Crippen LogP contribution in [0, 0.1) is 12.8 Å². The van der Waals surface area contributed by atoms with Crippen LogP contribution in [0.2, 0.25) is 10.0 Å². The molecule has 0 spiro atoms. The Bertz CT molecular complexity index is 881. The Kier molecular flexibility index (Phi) is 5.38. The highest BCUT2D eigenvalue weighted by Crippen LogP contribution is 2.67. The first-order chi connectivity index (χ1) is 12.1. The second-order valence-electron chi connectivity index (χ2n) is 6.82. The molecule has 0 amide bonds. The molecule has 1 N–H and O–H groups in total. The van der Waals surface area contributed by atoms with Gasteiger partial charge < -0.3 is 5.32 Å². The van der Waals surface area contributed by atoms with Crippen molar-refractivity contribution in [2.75, 3.05) is 5.32 Å². The van der Waals surface area contributed by atoms with Gasteiger partial charge >= 0.3 is 0 Å². The van der Waals surface area contributed by atoms with E-state index in [9.17, 15) is 0 Å². The summed E-state index contributed by atoms with van der Waals surface area (Å²) in [4.78, 5) is 0. The van der Waals surface area contributed by atoms with Gasteiger partial charge in [-0.05, 0) is 66.4 Å². The van der Waals surface area contributed by atoms with Crippen molar-refractivity contribution in [3.8, 4) is 0 Å². The van der Waals surface area contributed by atoms with Crippen LogP contribution in [0.15, 0.2) is 55.3 Å². The van der Waals surface area contributed by atoms with Gasteiger partial charge in [0.15, 0.2) is 0 Å². The summed E-state index contributed by atoms with van der Waals surface area (Å²) in [6.07, 6.45) is 0. The van der Waals surface area contributed by atoms with Gasteiger partial charge in [0.25, 0.3) is 0 Å². The van der Waals surface area contributed by atoms with Gasteiger partial charge in [-0.15, -0.1) is 23.2 Å². The SMILES string of the molecule is C=C(C)c1cc(NC(=C)C2C(c3cc(C)cc(Cl)c3)C2(Cl)Cl)ccc1Cl. The van der Waals surface area contributed by atoms with Crippen LogP contribution in [0.25, 0.3) is 5.57 Å². The summed E-state index contributed by atoms with van der Waals surface area (Å²) in [6, 6.07) is 11.6. The fourth-order valence-corrected chi connectivity index (χ4v) is 4.78. The van der Waals surface area contributed by atoms with E-state index in [-0.39, 0.29) is 11.8 Å². The van der Waals surface area contributed by atoms with E-state index in [4.69, 9.17) is 46.4 Å². The van der Waals surface area contributed by atoms with Crippen molar-refractivity contribution in [3.63, 3.8) is 0 Å². The maximum absolute atomic E-state index is 6.57. The molecule has 0 heterocycles. The van der Waals surface area contributed by atoms with E-state index >= 15 is 0 Å².